The number of amides is 3. The summed E-state index contributed by atoms with van der Waals surface area (Å²) in [7, 11) is 0. The Labute approximate surface area is 220 Å². The van der Waals surface area contributed by atoms with Crippen molar-refractivity contribution >= 4 is 23.6 Å². The van der Waals surface area contributed by atoms with E-state index in [9.17, 15) is 19.5 Å². The molecule has 38 heavy (non-hydrogen) atoms. The van der Waals surface area contributed by atoms with E-state index in [0.29, 0.717) is 28.9 Å². The average Bonchev–Trinajstić information content (AvgIpc) is 3.28. The first-order valence-corrected chi connectivity index (χ1v) is 12.3. The molecule has 0 aliphatic carbocycles. The Hall–Kier alpha value is -4.24. The first kappa shape index (κ1) is 26.8. The maximum atomic E-state index is 15.1. The third-order valence-corrected chi connectivity index (χ3v) is 6.38. The van der Waals surface area contributed by atoms with Gasteiger partial charge in [0, 0.05) is 26.0 Å². The number of nitrogens with one attached hydrogen (secondary N) is 1. The normalized spacial score (nSPS) is 15.6. The van der Waals surface area contributed by atoms with Crippen molar-refractivity contribution in [3.8, 4) is 11.1 Å². The minimum absolute atomic E-state index is 0.126. The topological polar surface area (TPSA) is 99.2 Å². The summed E-state index contributed by atoms with van der Waals surface area (Å²) in [5.41, 5.74) is 2.87. The number of hydrogen-bond acceptors (Lipinski definition) is 5. The predicted molar refractivity (Wildman–Crippen MR) is 141 cm³/mol. The molecule has 0 bridgehead atoms. The molecule has 0 radical (unpaired) electrons. The van der Waals surface area contributed by atoms with Gasteiger partial charge in [0.05, 0.1) is 31.4 Å². The number of benzene rings is 3. The summed E-state index contributed by atoms with van der Waals surface area (Å²) >= 11 is 0. The van der Waals surface area contributed by atoms with Crippen LogP contribution in [0.15, 0.2) is 72.8 Å². The molecule has 1 fully saturated rings. The number of carbonyl (C=O) groups is 3. The highest BCUT2D eigenvalue weighted by atomic mass is 19.1. The number of aliphatic hydroxyl groups excluding tert-OH is 1. The summed E-state index contributed by atoms with van der Waals surface area (Å²) in [5, 5.41) is 13.4. The third-order valence-electron chi connectivity index (χ3n) is 6.38. The summed E-state index contributed by atoms with van der Waals surface area (Å²) < 4.78 is 20.3. The standard InChI is InChI=1S/C29H30FN3O5/c1-19(34)31-15-25-17-33(29(37)38-25)24-12-13-26(27(30)14-24)22-8-10-23(11-9-22)28(36)18-32(20(2)35)16-21-6-4-3-5-7-21/h3-14,25,28,36H,15-18H2,1-2H3,(H,31,34)/t25-,28-/m0/s1. The van der Waals surface area contributed by atoms with Gasteiger partial charge in [0.15, 0.2) is 0 Å². The molecule has 2 atom stereocenters. The van der Waals surface area contributed by atoms with Gasteiger partial charge in [-0.25, -0.2) is 9.18 Å². The smallest absolute Gasteiger partial charge is 0.414 e. The van der Waals surface area contributed by atoms with E-state index < -0.39 is 24.1 Å². The largest absolute Gasteiger partial charge is 0.442 e. The number of anilines is 1. The van der Waals surface area contributed by atoms with Gasteiger partial charge < -0.3 is 20.1 Å². The highest BCUT2D eigenvalue weighted by Crippen LogP contribution is 2.30. The second-order valence-electron chi connectivity index (χ2n) is 9.24. The van der Waals surface area contributed by atoms with E-state index in [1.165, 1.54) is 24.8 Å². The Kier molecular flexibility index (Phi) is 8.38. The number of ether oxygens (including phenoxy) is 1. The number of hydrogen-bond donors (Lipinski definition) is 2. The van der Waals surface area contributed by atoms with E-state index in [1.807, 2.05) is 30.3 Å². The molecule has 1 aliphatic rings. The molecule has 4 rings (SSSR count). The molecule has 3 aromatic carbocycles. The number of rotatable bonds is 9. The molecule has 1 aliphatic heterocycles. The van der Waals surface area contributed by atoms with Gasteiger partial charge in [-0.3, -0.25) is 14.5 Å². The van der Waals surface area contributed by atoms with E-state index in [-0.39, 0.29) is 31.4 Å². The zero-order chi connectivity index (χ0) is 27.2. The molecule has 198 valence electrons. The van der Waals surface area contributed by atoms with E-state index in [2.05, 4.69) is 5.32 Å². The van der Waals surface area contributed by atoms with Crippen molar-refractivity contribution in [2.24, 2.45) is 0 Å². The van der Waals surface area contributed by atoms with Gasteiger partial charge >= 0.3 is 6.09 Å². The van der Waals surface area contributed by atoms with Crippen LogP contribution in [0.3, 0.4) is 0 Å². The first-order chi connectivity index (χ1) is 18.2. The van der Waals surface area contributed by atoms with Crippen LogP contribution >= 0.6 is 0 Å². The minimum atomic E-state index is -0.907. The van der Waals surface area contributed by atoms with Crippen LogP contribution in [0.5, 0.6) is 0 Å². The van der Waals surface area contributed by atoms with Gasteiger partial charge in [-0.05, 0) is 34.9 Å². The maximum absolute atomic E-state index is 15.1. The minimum Gasteiger partial charge on any atom is -0.442 e. The molecule has 1 heterocycles. The fourth-order valence-electron chi connectivity index (χ4n) is 4.31. The molecule has 3 aromatic rings. The van der Waals surface area contributed by atoms with Crippen LogP contribution < -0.4 is 10.2 Å². The van der Waals surface area contributed by atoms with E-state index in [1.54, 1.807) is 41.3 Å². The lowest BCUT2D eigenvalue weighted by Gasteiger charge is -2.24. The maximum Gasteiger partial charge on any atom is 0.414 e. The summed E-state index contributed by atoms with van der Waals surface area (Å²) in [4.78, 5) is 38.4. The molecular formula is C29H30FN3O5. The van der Waals surface area contributed by atoms with Gasteiger partial charge in [0.2, 0.25) is 11.8 Å². The highest BCUT2D eigenvalue weighted by Gasteiger charge is 2.32. The zero-order valence-corrected chi connectivity index (χ0v) is 21.3. The quantitative estimate of drug-likeness (QED) is 0.445. The van der Waals surface area contributed by atoms with Gasteiger partial charge in [-0.1, -0.05) is 54.6 Å². The molecule has 0 aromatic heterocycles. The molecule has 0 spiro atoms. The molecule has 3 amide bonds. The van der Waals surface area contributed by atoms with E-state index >= 15 is 4.39 Å². The zero-order valence-electron chi connectivity index (χ0n) is 21.3. The predicted octanol–water partition coefficient (Wildman–Crippen LogP) is 4.04. The third kappa shape index (κ3) is 6.54. The molecule has 8 nitrogen and oxygen atoms in total. The van der Waals surface area contributed by atoms with Crippen LogP contribution in [0.25, 0.3) is 11.1 Å². The van der Waals surface area contributed by atoms with Gasteiger partial charge in [0.25, 0.3) is 0 Å². The van der Waals surface area contributed by atoms with Crippen molar-refractivity contribution in [3.63, 3.8) is 0 Å². The monoisotopic (exact) mass is 519 g/mol. The van der Waals surface area contributed by atoms with Crippen molar-refractivity contribution in [2.45, 2.75) is 32.6 Å². The molecule has 2 N–H and O–H groups in total. The number of nitrogens with zero attached hydrogens (tertiary/aromatic N) is 2. The Morgan fingerprint density at radius 3 is 2.45 bits per heavy atom. The van der Waals surface area contributed by atoms with Gasteiger partial charge in [-0.2, -0.15) is 0 Å². The van der Waals surface area contributed by atoms with Crippen LogP contribution in [0.2, 0.25) is 0 Å². The van der Waals surface area contributed by atoms with Crippen molar-refractivity contribution in [1.82, 2.24) is 10.2 Å². The van der Waals surface area contributed by atoms with E-state index in [0.717, 1.165) is 5.56 Å². The van der Waals surface area contributed by atoms with Gasteiger partial charge in [0.1, 0.15) is 11.9 Å². The summed E-state index contributed by atoms with van der Waals surface area (Å²) in [6, 6.07) is 20.9. The number of carbonyl (C=O) groups excluding carboxylic acids is 3. The van der Waals surface area contributed by atoms with Crippen molar-refractivity contribution in [1.29, 1.82) is 0 Å². The molecular weight excluding hydrogens is 489 g/mol. The number of cyclic esters (lactones) is 1. The van der Waals surface area contributed by atoms with Gasteiger partial charge in [-0.15, -0.1) is 0 Å². The summed E-state index contributed by atoms with van der Waals surface area (Å²) in [6.45, 7) is 3.75. The van der Waals surface area contributed by atoms with E-state index in [4.69, 9.17) is 4.74 Å². The van der Waals surface area contributed by atoms with Crippen LogP contribution in [0.1, 0.15) is 31.1 Å². The summed E-state index contributed by atoms with van der Waals surface area (Å²) in [6.07, 6.45) is -2.02. The Bertz CT molecular complexity index is 1300. The Morgan fingerprint density at radius 2 is 1.82 bits per heavy atom. The molecule has 1 saturated heterocycles. The first-order valence-electron chi connectivity index (χ1n) is 12.3. The fourth-order valence-corrected chi connectivity index (χ4v) is 4.31. The van der Waals surface area contributed by atoms with Crippen molar-refractivity contribution in [2.75, 3.05) is 24.5 Å². The second kappa shape index (κ2) is 11.9. The number of aliphatic hydroxyl groups is 1. The van der Waals surface area contributed by atoms with Crippen molar-refractivity contribution in [3.05, 3.63) is 89.7 Å². The molecule has 9 heteroatoms. The van der Waals surface area contributed by atoms with Crippen LogP contribution in [0, 0.1) is 5.82 Å². The Balaban J connectivity index is 1.42. The molecule has 0 unspecified atom stereocenters. The lowest BCUT2D eigenvalue weighted by Crippen LogP contribution is -2.33. The van der Waals surface area contributed by atoms with Crippen LogP contribution in [-0.4, -0.2) is 53.7 Å². The average molecular weight is 520 g/mol. The molecule has 0 saturated carbocycles. The lowest BCUT2D eigenvalue weighted by molar-refractivity contribution is -0.131. The fraction of sp³-hybridized carbons (Fsp3) is 0.276. The highest BCUT2D eigenvalue weighted by molar-refractivity contribution is 5.90. The lowest BCUT2D eigenvalue weighted by atomic mass is 10.0. The van der Waals surface area contributed by atoms with Crippen LogP contribution in [0.4, 0.5) is 14.9 Å². The van der Waals surface area contributed by atoms with Crippen molar-refractivity contribution < 1.29 is 28.6 Å². The SMILES string of the molecule is CC(=O)NC[C@H]1CN(c2ccc(-c3ccc([C@@H](O)CN(Cc4ccccc4)C(C)=O)cc3)c(F)c2)C(=O)O1. The number of halogens is 1. The second-order valence-corrected chi connectivity index (χ2v) is 9.24. The summed E-state index contributed by atoms with van der Waals surface area (Å²) in [5.74, 6) is -0.883. The van der Waals surface area contributed by atoms with Crippen LogP contribution in [-0.2, 0) is 20.9 Å². The Morgan fingerprint density at radius 1 is 1.11 bits per heavy atom.